The molecule has 2 aromatic heterocycles. The first-order valence-electron chi connectivity index (χ1n) is 13.5. The van der Waals surface area contributed by atoms with Crippen LogP contribution in [0.3, 0.4) is 0 Å². The smallest absolute Gasteiger partial charge is 0.338 e. The van der Waals surface area contributed by atoms with Gasteiger partial charge in [0.2, 0.25) is 0 Å². The normalized spacial score (nSPS) is 14.8. The highest BCUT2D eigenvalue weighted by Gasteiger charge is 2.33. The maximum Gasteiger partial charge on any atom is 0.338 e. The first kappa shape index (κ1) is 30.2. The number of fused-ring (bicyclic) bond motifs is 1. The predicted molar refractivity (Wildman–Crippen MR) is 168 cm³/mol. The Balaban J connectivity index is 1.65. The van der Waals surface area contributed by atoms with E-state index in [1.54, 1.807) is 43.7 Å². The minimum atomic E-state index is -0.736. The summed E-state index contributed by atoms with van der Waals surface area (Å²) >= 11 is 4.81. The van der Waals surface area contributed by atoms with Gasteiger partial charge in [0.05, 0.1) is 52.7 Å². The molecule has 1 aliphatic heterocycles. The number of halogens is 1. The highest BCUT2D eigenvalue weighted by atomic mass is 79.9. The average molecular weight is 665 g/mol. The molecule has 0 N–H and O–H groups in total. The van der Waals surface area contributed by atoms with E-state index < -0.39 is 18.0 Å². The standard InChI is InChI=1S/C32H30BrN3O6S/c1-7-42-31(39)27-18(3)34-32-36(28(27)21-10-13-25(40-5)24(33)15-21)29(37)26(43-32)16-22-14-17(2)35(19(22)4)23-11-8-20(9-12-23)30(38)41-6/h8-16,28H,7H2,1-6H3/b26-16+/t28-/m0/s1. The zero-order valence-electron chi connectivity index (χ0n) is 24.6. The van der Waals surface area contributed by atoms with Crippen molar-refractivity contribution in [2.75, 3.05) is 20.8 Å². The van der Waals surface area contributed by atoms with Crippen LogP contribution >= 0.6 is 27.3 Å². The van der Waals surface area contributed by atoms with Crippen LogP contribution < -0.4 is 19.6 Å². The third kappa shape index (κ3) is 5.50. The number of carbonyl (C=O) groups excluding carboxylic acids is 2. The molecule has 0 saturated heterocycles. The molecule has 0 bridgehead atoms. The number of ether oxygens (including phenoxy) is 3. The van der Waals surface area contributed by atoms with Crippen molar-refractivity contribution in [1.29, 1.82) is 0 Å². The van der Waals surface area contributed by atoms with Crippen LogP contribution in [0.2, 0.25) is 0 Å². The summed E-state index contributed by atoms with van der Waals surface area (Å²) in [5, 5.41) is 0. The Bertz CT molecular complexity index is 1970. The molecule has 9 nitrogen and oxygen atoms in total. The summed E-state index contributed by atoms with van der Waals surface area (Å²) in [6, 6.07) is 13.9. The van der Waals surface area contributed by atoms with E-state index in [1.165, 1.54) is 18.4 Å². The Morgan fingerprint density at radius 3 is 2.40 bits per heavy atom. The summed E-state index contributed by atoms with van der Waals surface area (Å²) < 4.78 is 20.4. The molecule has 2 aromatic carbocycles. The number of thiazole rings is 1. The van der Waals surface area contributed by atoms with Gasteiger partial charge < -0.3 is 18.8 Å². The van der Waals surface area contributed by atoms with Crippen molar-refractivity contribution in [3.05, 3.63) is 112 Å². The summed E-state index contributed by atoms with van der Waals surface area (Å²) in [4.78, 5) is 44.3. The van der Waals surface area contributed by atoms with Gasteiger partial charge in [-0.1, -0.05) is 17.4 Å². The molecule has 0 spiro atoms. The van der Waals surface area contributed by atoms with Crippen molar-refractivity contribution in [2.45, 2.75) is 33.7 Å². The highest BCUT2D eigenvalue weighted by Crippen LogP contribution is 2.35. The SMILES string of the molecule is CCOC(=O)C1=C(C)N=c2s/c(=C/c3cc(C)n(-c4ccc(C(=O)OC)cc4)c3C)c(=O)n2[C@H]1c1ccc(OC)c(Br)c1. The van der Waals surface area contributed by atoms with Crippen LogP contribution in [0.1, 0.15) is 52.8 Å². The Kier molecular flexibility index (Phi) is 8.57. The van der Waals surface area contributed by atoms with Gasteiger partial charge in [0, 0.05) is 17.1 Å². The van der Waals surface area contributed by atoms with Gasteiger partial charge >= 0.3 is 11.9 Å². The summed E-state index contributed by atoms with van der Waals surface area (Å²) in [5.74, 6) is -0.285. The van der Waals surface area contributed by atoms with Crippen LogP contribution in [-0.4, -0.2) is 41.9 Å². The fraction of sp³-hybridized carbons (Fsp3) is 0.250. The molecular formula is C32H30BrN3O6S. The molecule has 0 saturated carbocycles. The summed E-state index contributed by atoms with van der Waals surface area (Å²) in [7, 11) is 2.93. The lowest BCUT2D eigenvalue weighted by molar-refractivity contribution is -0.139. The summed E-state index contributed by atoms with van der Waals surface area (Å²) in [5.41, 5.74) is 5.35. The van der Waals surface area contributed by atoms with Gasteiger partial charge in [-0.15, -0.1) is 0 Å². The largest absolute Gasteiger partial charge is 0.496 e. The number of rotatable bonds is 7. The average Bonchev–Trinajstić information content (AvgIpc) is 3.45. The predicted octanol–water partition coefficient (Wildman–Crippen LogP) is 4.76. The number of hydrogen-bond donors (Lipinski definition) is 0. The number of carbonyl (C=O) groups is 2. The number of allylic oxidation sites excluding steroid dienone is 1. The van der Waals surface area contributed by atoms with E-state index >= 15 is 0 Å². The lowest BCUT2D eigenvalue weighted by Crippen LogP contribution is -2.40. The van der Waals surface area contributed by atoms with E-state index in [0.717, 1.165) is 22.6 Å². The van der Waals surface area contributed by atoms with Gasteiger partial charge in [0.1, 0.15) is 5.75 Å². The van der Waals surface area contributed by atoms with E-state index in [9.17, 15) is 14.4 Å². The van der Waals surface area contributed by atoms with E-state index in [-0.39, 0.29) is 12.2 Å². The van der Waals surface area contributed by atoms with E-state index in [4.69, 9.17) is 14.2 Å². The maximum absolute atomic E-state index is 14.1. The number of hydrogen-bond acceptors (Lipinski definition) is 8. The fourth-order valence-corrected chi connectivity index (χ4v) is 6.89. The van der Waals surface area contributed by atoms with E-state index in [1.807, 2.05) is 50.3 Å². The lowest BCUT2D eigenvalue weighted by Gasteiger charge is -2.25. The van der Waals surface area contributed by atoms with Crippen molar-refractivity contribution in [3.63, 3.8) is 0 Å². The van der Waals surface area contributed by atoms with Crippen LogP contribution in [-0.2, 0) is 14.3 Å². The molecule has 1 atom stereocenters. The van der Waals surface area contributed by atoms with Crippen LogP contribution in [0, 0.1) is 13.8 Å². The minimum Gasteiger partial charge on any atom is -0.496 e. The van der Waals surface area contributed by atoms with Gasteiger partial charge in [0.15, 0.2) is 4.80 Å². The summed E-state index contributed by atoms with van der Waals surface area (Å²) in [6.07, 6.45) is 1.86. The second-order valence-electron chi connectivity index (χ2n) is 9.90. The van der Waals surface area contributed by atoms with Crippen molar-refractivity contribution in [3.8, 4) is 11.4 Å². The first-order valence-corrected chi connectivity index (χ1v) is 15.1. The highest BCUT2D eigenvalue weighted by molar-refractivity contribution is 9.10. The molecule has 3 heterocycles. The Morgan fingerprint density at radius 1 is 1.05 bits per heavy atom. The van der Waals surface area contributed by atoms with Crippen molar-refractivity contribution in [1.82, 2.24) is 9.13 Å². The molecule has 0 amide bonds. The maximum atomic E-state index is 14.1. The van der Waals surface area contributed by atoms with E-state index in [2.05, 4.69) is 25.5 Å². The van der Waals surface area contributed by atoms with Gasteiger partial charge in [-0.3, -0.25) is 9.36 Å². The Labute approximate surface area is 260 Å². The molecule has 11 heteroatoms. The molecular weight excluding hydrogens is 634 g/mol. The van der Waals surface area contributed by atoms with Crippen molar-refractivity contribution < 1.29 is 23.8 Å². The molecule has 0 aliphatic carbocycles. The quantitative estimate of drug-likeness (QED) is 0.264. The van der Waals surface area contributed by atoms with Gasteiger partial charge in [0.25, 0.3) is 5.56 Å². The van der Waals surface area contributed by atoms with Gasteiger partial charge in [-0.05, 0) is 103 Å². The second kappa shape index (κ2) is 12.2. The van der Waals surface area contributed by atoms with Gasteiger partial charge in [-0.25, -0.2) is 14.6 Å². The monoisotopic (exact) mass is 663 g/mol. The number of aryl methyl sites for hydroxylation is 1. The topological polar surface area (TPSA) is 101 Å². The van der Waals surface area contributed by atoms with Crippen LogP contribution in [0.4, 0.5) is 0 Å². The zero-order valence-corrected chi connectivity index (χ0v) is 27.0. The molecule has 1 aliphatic rings. The molecule has 4 aromatic rings. The molecule has 5 rings (SSSR count). The molecule has 0 radical (unpaired) electrons. The molecule has 0 unspecified atom stereocenters. The molecule has 222 valence electrons. The van der Waals surface area contributed by atoms with Crippen LogP contribution in [0.25, 0.3) is 11.8 Å². The zero-order chi connectivity index (χ0) is 31.0. The number of nitrogens with zero attached hydrogens (tertiary/aromatic N) is 3. The van der Waals surface area contributed by atoms with E-state index in [0.29, 0.717) is 42.0 Å². The van der Waals surface area contributed by atoms with Crippen molar-refractivity contribution >= 4 is 45.3 Å². The number of aromatic nitrogens is 2. The minimum absolute atomic E-state index is 0.195. The van der Waals surface area contributed by atoms with Crippen molar-refractivity contribution in [2.24, 2.45) is 4.99 Å². The first-order chi connectivity index (χ1) is 20.6. The van der Waals surface area contributed by atoms with Crippen LogP contribution in [0.15, 0.2) is 74.1 Å². The third-order valence-corrected chi connectivity index (χ3v) is 8.91. The number of methoxy groups -OCH3 is 2. The molecule has 43 heavy (non-hydrogen) atoms. The number of esters is 2. The Hall–Kier alpha value is -4.22. The molecule has 0 fully saturated rings. The fourth-order valence-electron chi connectivity index (χ4n) is 5.30. The lowest BCUT2D eigenvalue weighted by atomic mass is 9.96. The number of benzene rings is 2. The third-order valence-electron chi connectivity index (χ3n) is 7.31. The van der Waals surface area contributed by atoms with Crippen LogP contribution in [0.5, 0.6) is 5.75 Å². The van der Waals surface area contributed by atoms with Gasteiger partial charge in [-0.2, -0.15) is 0 Å². The second-order valence-corrected chi connectivity index (χ2v) is 11.8. The Morgan fingerprint density at radius 2 is 1.77 bits per heavy atom. The summed E-state index contributed by atoms with van der Waals surface area (Å²) in [6.45, 7) is 7.65.